The van der Waals surface area contributed by atoms with Gasteiger partial charge in [0.2, 0.25) is 0 Å². The molecule has 2 N–H and O–H groups in total. The number of urea groups is 1. The number of nitrogens with one attached hydrogen (secondary N) is 1. The molecule has 3 rings (SSSR count). The van der Waals surface area contributed by atoms with Gasteiger partial charge in [0.25, 0.3) is 5.91 Å². The van der Waals surface area contributed by atoms with Gasteiger partial charge in [0, 0.05) is 0 Å². The maximum atomic E-state index is 12.5. The minimum Gasteiger partial charge on any atom is -0.506 e. The number of hydrogen-bond acceptors (Lipinski definition) is 3. The van der Waals surface area contributed by atoms with E-state index in [1.165, 1.54) is 4.90 Å². The maximum absolute atomic E-state index is 12.5. The molecule has 0 saturated carbocycles. The van der Waals surface area contributed by atoms with E-state index in [0.29, 0.717) is 7.14 Å². The minimum atomic E-state index is -0.432. The molecule has 0 aliphatic carbocycles. The van der Waals surface area contributed by atoms with E-state index in [1.807, 2.05) is 75.5 Å². The van der Waals surface area contributed by atoms with Crippen LogP contribution in [0.1, 0.15) is 11.1 Å². The molecule has 0 spiro atoms. The quantitative estimate of drug-likeness (QED) is 0.351. The summed E-state index contributed by atoms with van der Waals surface area (Å²) in [5.74, 6) is -0.146. The van der Waals surface area contributed by atoms with Crippen LogP contribution in [0.5, 0.6) is 5.75 Å². The number of phenolic OH excluding ortho intramolecular Hbond substituents is 1. The number of carbonyl (C=O) groups is 2. The number of halogens is 2. The van der Waals surface area contributed by atoms with Crippen LogP contribution in [0.3, 0.4) is 0 Å². The molecule has 0 atom stereocenters. The molecule has 122 valence electrons. The lowest BCUT2D eigenvalue weighted by Gasteiger charge is -2.11. The van der Waals surface area contributed by atoms with Crippen LogP contribution in [0.25, 0.3) is 6.08 Å². The highest BCUT2D eigenvalue weighted by Gasteiger charge is 2.33. The van der Waals surface area contributed by atoms with Crippen molar-refractivity contribution in [2.24, 2.45) is 0 Å². The second-order valence-electron chi connectivity index (χ2n) is 5.20. The number of amides is 3. The molecule has 2 aromatic carbocycles. The van der Waals surface area contributed by atoms with Crippen LogP contribution in [0.15, 0.2) is 48.2 Å². The number of rotatable bonds is 3. The number of carbonyl (C=O) groups excluding carboxylic acids is 2. The van der Waals surface area contributed by atoms with Crippen LogP contribution < -0.4 is 5.32 Å². The third-order valence-electron chi connectivity index (χ3n) is 3.50. The summed E-state index contributed by atoms with van der Waals surface area (Å²) in [5, 5.41) is 12.4. The van der Waals surface area contributed by atoms with Gasteiger partial charge < -0.3 is 10.4 Å². The monoisotopic (exact) mass is 546 g/mol. The van der Waals surface area contributed by atoms with Gasteiger partial charge in [-0.2, -0.15) is 0 Å². The summed E-state index contributed by atoms with van der Waals surface area (Å²) in [6.45, 7) is 0.230. The summed E-state index contributed by atoms with van der Waals surface area (Å²) in [5.41, 5.74) is 1.86. The Hall–Kier alpha value is -1.62. The summed E-state index contributed by atoms with van der Waals surface area (Å²) < 4.78 is 1.37. The smallest absolute Gasteiger partial charge is 0.329 e. The van der Waals surface area contributed by atoms with E-state index < -0.39 is 6.03 Å². The fourth-order valence-electron chi connectivity index (χ4n) is 2.32. The molecular formula is C17H12I2N2O3. The number of benzene rings is 2. The van der Waals surface area contributed by atoms with Gasteiger partial charge in [0.15, 0.2) is 0 Å². The SMILES string of the molecule is O=C1N/C(=C/c2cc(I)c(O)c(I)c2)C(=O)N1Cc1ccccc1. The molecule has 2 aromatic rings. The van der Waals surface area contributed by atoms with E-state index in [4.69, 9.17) is 0 Å². The highest BCUT2D eigenvalue weighted by molar-refractivity contribution is 14.1. The van der Waals surface area contributed by atoms with Gasteiger partial charge in [-0.3, -0.25) is 9.69 Å². The number of hydrogen-bond donors (Lipinski definition) is 2. The van der Waals surface area contributed by atoms with Crippen LogP contribution in [-0.4, -0.2) is 21.9 Å². The molecule has 1 heterocycles. The van der Waals surface area contributed by atoms with E-state index in [9.17, 15) is 14.7 Å². The summed E-state index contributed by atoms with van der Waals surface area (Å²) in [6, 6.07) is 12.4. The van der Waals surface area contributed by atoms with Gasteiger partial charge >= 0.3 is 6.03 Å². The van der Waals surface area contributed by atoms with Crippen LogP contribution in [0, 0.1) is 7.14 Å². The van der Waals surface area contributed by atoms with Crippen LogP contribution in [0.2, 0.25) is 0 Å². The zero-order valence-electron chi connectivity index (χ0n) is 12.3. The standard InChI is InChI=1S/C17H12I2N2O3/c18-12-6-11(7-13(19)15(12)22)8-14-16(23)21(17(24)20-14)9-10-4-2-1-3-5-10/h1-8,22H,9H2,(H,20,24)/b14-8+. The minimum absolute atomic E-state index is 0.214. The first-order valence-electron chi connectivity index (χ1n) is 7.02. The molecule has 24 heavy (non-hydrogen) atoms. The van der Waals surface area contributed by atoms with E-state index >= 15 is 0 Å². The van der Waals surface area contributed by atoms with Crippen molar-refractivity contribution in [3.05, 3.63) is 66.4 Å². The van der Waals surface area contributed by atoms with E-state index in [-0.39, 0.29) is 23.9 Å². The van der Waals surface area contributed by atoms with E-state index in [0.717, 1.165) is 11.1 Å². The average molecular weight is 546 g/mol. The summed E-state index contributed by atoms with van der Waals surface area (Å²) in [7, 11) is 0. The highest BCUT2D eigenvalue weighted by atomic mass is 127. The Morgan fingerprint density at radius 3 is 2.33 bits per heavy atom. The van der Waals surface area contributed by atoms with Crippen molar-refractivity contribution in [2.75, 3.05) is 0 Å². The average Bonchev–Trinajstić information content (AvgIpc) is 2.81. The molecule has 5 nitrogen and oxygen atoms in total. The fraction of sp³-hybridized carbons (Fsp3) is 0.0588. The highest BCUT2D eigenvalue weighted by Crippen LogP contribution is 2.28. The third-order valence-corrected chi connectivity index (χ3v) is 5.14. The van der Waals surface area contributed by atoms with Crippen molar-refractivity contribution >= 4 is 63.2 Å². The molecule has 1 saturated heterocycles. The number of phenols is 1. The topological polar surface area (TPSA) is 69.6 Å². The molecule has 0 unspecified atom stereocenters. The molecule has 1 aliphatic rings. The zero-order chi connectivity index (χ0) is 17.3. The second-order valence-corrected chi connectivity index (χ2v) is 7.52. The molecule has 1 aliphatic heterocycles. The van der Waals surface area contributed by atoms with Crippen LogP contribution in [-0.2, 0) is 11.3 Å². The molecule has 0 radical (unpaired) electrons. The summed E-state index contributed by atoms with van der Waals surface area (Å²) in [4.78, 5) is 25.7. The largest absolute Gasteiger partial charge is 0.506 e. The molecule has 3 amide bonds. The van der Waals surface area contributed by atoms with Gasteiger partial charge in [-0.25, -0.2) is 4.79 Å². The molecule has 0 bridgehead atoms. The lowest BCUT2D eigenvalue weighted by Crippen LogP contribution is -2.30. The summed E-state index contributed by atoms with van der Waals surface area (Å²) in [6.07, 6.45) is 1.62. The molecule has 1 fully saturated rings. The molecule has 7 heteroatoms. The van der Waals surface area contributed by atoms with Crippen molar-refractivity contribution in [1.29, 1.82) is 0 Å². The first-order chi connectivity index (χ1) is 11.5. The molecular weight excluding hydrogens is 534 g/mol. The predicted molar refractivity (Wildman–Crippen MR) is 107 cm³/mol. The Morgan fingerprint density at radius 1 is 1.08 bits per heavy atom. The van der Waals surface area contributed by atoms with Crippen molar-refractivity contribution in [3.63, 3.8) is 0 Å². The van der Waals surface area contributed by atoms with Gasteiger partial charge in [-0.1, -0.05) is 30.3 Å². The van der Waals surface area contributed by atoms with Crippen molar-refractivity contribution in [1.82, 2.24) is 10.2 Å². The van der Waals surface area contributed by atoms with Crippen LogP contribution in [0.4, 0.5) is 4.79 Å². The van der Waals surface area contributed by atoms with Crippen molar-refractivity contribution < 1.29 is 14.7 Å². The third kappa shape index (κ3) is 3.56. The zero-order valence-corrected chi connectivity index (χ0v) is 16.6. The Morgan fingerprint density at radius 2 is 1.71 bits per heavy atom. The van der Waals surface area contributed by atoms with Crippen molar-refractivity contribution in [3.8, 4) is 5.75 Å². The van der Waals surface area contributed by atoms with Gasteiger partial charge in [0.05, 0.1) is 13.7 Å². The van der Waals surface area contributed by atoms with Gasteiger partial charge in [-0.15, -0.1) is 0 Å². The predicted octanol–water partition coefficient (Wildman–Crippen LogP) is 3.69. The fourth-order valence-corrected chi connectivity index (χ4v) is 4.13. The lowest BCUT2D eigenvalue weighted by molar-refractivity contribution is -0.123. The Labute approximate surface area is 166 Å². The number of nitrogens with zero attached hydrogens (tertiary/aromatic N) is 1. The van der Waals surface area contributed by atoms with Gasteiger partial charge in [0.1, 0.15) is 11.4 Å². The Balaban J connectivity index is 1.86. The molecule has 0 aromatic heterocycles. The van der Waals surface area contributed by atoms with E-state index in [1.54, 1.807) is 18.2 Å². The summed E-state index contributed by atoms with van der Waals surface area (Å²) >= 11 is 4.05. The Kier molecular flexibility index (Phi) is 5.09. The van der Waals surface area contributed by atoms with Crippen LogP contribution >= 0.6 is 45.2 Å². The second kappa shape index (κ2) is 7.09. The number of aromatic hydroxyl groups is 1. The van der Waals surface area contributed by atoms with Gasteiger partial charge in [-0.05, 0) is 74.5 Å². The number of imide groups is 1. The normalized spacial score (nSPS) is 15.9. The lowest BCUT2D eigenvalue weighted by atomic mass is 10.2. The van der Waals surface area contributed by atoms with E-state index in [2.05, 4.69) is 5.32 Å². The Bertz CT molecular complexity index is 827. The van der Waals surface area contributed by atoms with Crippen molar-refractivity contribution in [2.45, 2.75) is 6.54 Å². The maximum Gasteiger partial charge on any atom is 0.329 e. The first-order valence-corrected chi connectivity index (χ1v) is 9.18. The first kappa shape index (κ1) is 17.2.